The van der Waals surface area contributed by atoms with Crippen LogP contribution in [0.25, 0.3) is 11.3 Å². The molecule has 0 atom stereocenters. The summed E-state index contributed by atoms with van der Waals surface area (Å²) in [6.45, 7) is 0.727. The van der Waals surface area contributed by atoms with E-state index in [4.69, 9.17) is 0 Å². The Morgan fingerprint density at radius 2 is 1.75 bits per heavy atom. The molecule has 7 heteroatoms. The lowest BCUT2D eigenvalue weighted by Crippen LogP contribution is -2.09. The molecule has 0 fully saturated rings. The Hall–Kier alpha value is -2.38. The van der Waals surface area contributed by atoms with Gasteiger partial charge in [-0.1, -0.05) is 42.5 Å². The summed E-state index contributed by atoms with van der Waals surface area (Å²) in [6, 6.07) is 17.3. The first-order chi connectivity index (χ1) is 11.5. The summed E-state index contributed by atoms with van der Waals surface area (Å²) < 4.78 is 24.9. The number of nitrogens with zero attached hydrogens (tertiary/aromatic N) is 1. The Morgan fingerprint density at radius 1 is 1.04 bits per heavy atom. The molecule has 0 unspecified atom stereocenters. The van der Waals surface area contributed by atoms with Gasteiger partial charge in [0.25, 0.3) is 0 Å². The van der Waals surface area contributed by atoms with E-state index >= 15 is 0 Å². The predicted octanol–water partition coefficient (Wildman–Crippen LogP) is 3.79. The molecule has 24 heavy (non-hydrogen) atoms. The predicted molar refractivity (Wildman–Crippen MR) is 99.8 cm³/mol. The summed E-state index contributed by atoms with van der Waals surface area (Å²) in [5.74, 6) is 0. The number of hydrogen-bond donors (Lipinski definition) is 2. The molecule has 0 amide bonds. The van der Waals surface area contributed by atoms with Crippen LogP contribution in [-0.2, 0) is 16.6 Å². The van der Waals surface area contributed by atoms with Crippen molar-refractivity contribution in [3.63, 3.8) is 0 Å². The highest BCUT2D eigenvalue weighted by Crippen LogP contribution is 2.26. The van der Waals surface area contributed by atoms with E-state index in [1.807, 2.05) is 35.7 Å². The van der Waals surface area contributed by atoms with Gasteiger partial charge in [-0.15, -0.1) is 11.3 Å². The average molecular weight is 359 g/mol. The molecule has 124 valence electrons. The standard InChI is InChI=1S/C17H17N3O2S2/c1-24(21,22)20-15-9-7-14(8-10-15)16-12-23-17(19-16)18-11-13-5-3-2-4-6-13/h2-10,12,20H,11H2,1H3,(H,18,19). The number of thiazole rings is 1. The highest BCUT2D eigenvalue weighted by molar-refractivity contribution is 7.92. The maximum Gasteiger partial charge on any atom is 0.229 e. The Kier molecular flexibility index (Phi) is 4.82. The first kappa shape index (κ1) is 16.5. The largest absolute Gasteiger partial charge is 0.357 e. The molecule has 0 spiro atoms. The topological polar surface area (TPSA) is 71.1 Å². The van der Waals surface area contributed by atoms with Crippen LogP contribution in [0.3, 0.4) is 0 Å². The summed E-state index contributed by atoms with van der Waals surface area (Å²) in [6.07, 6.45) is 1.13. The van der Waals surface area contributed by atoms with Gasteiger partial charge in [0.15, 0.2) is 5.13 Å². The third-order valence-electron chi connectivity index (χ3n) is 3.27. The summed E-state index contributed by atoms with van der Waals surface area (Å²) in [5, 5.41) is 6.14. The summed E-state index contributed by atoms with van der Waals surface area (Å²) in [5.41, 5.74) is 3.55. The smallest absolute Gasteiger partial charge is 0.229 e. The molecular formula is C17H17N3O2S2. The van der Waals surface area contributed by atoms with E-state index in [1.165, 1.54) is 5.56 Å². The minimum Gasteiger partial charge on any atom is -0.357 e. The molecule has 0 saturated carbocycles. The molecule has 2 N–H and O–H groups in total. The van der Waals surface area contributed by atoms with Gasteiger partial charge in [-0.25, -0.2) is 13.4 Å². The van der Waals surface area contributed by atoms with Crippen LogP contribution in [0.4, 0.5) is 10.8 Å². The number of sulfonamides is 1. The van der Waals surface area contributed by atoms with E-state index in [0.717, 1.165) is 29.2 Å². The van der Waals surface area contributed by atoms with Gasteiger partial charge < -0.3 is 5.32 Å². The lowest BCUT2D eigenvalue weighted by Gasteiger charge is -2.04. The van der Waals surface area contributed by atoms with Crippen molar-refractivity contribution in [1.82, 2.24) is 4.98 Å². The van der Waals surface area contributed by atoms with Gasteiger partial charge in [0, 0.05) is 23.2 Å². The quantitative estimate of drug-likeness (QED) is 0.702. The minimum absolute atomic E-state index is 0.541. The zero-order valence-corrected chi connectivity index (χ0v) is 14.7. The van der Waals surface area contributed by atoms with Crippen LogP contribution in [0, 0.1) is 0 Å². The van der Waals surface area contributed by atoms with Crippen LogP contribution >= 0.6 is 11.3 Å². The van der Waals surface area contributed by atoms with Crippen molar-refractivity contribution in [3.05, 3.63) is 65.5 Å². The number of benzene rings is 2. The van der Waals surface area contributed by atoms with Crippen LogP contribution in [0.5, 0.6) is 0 Å². The Balaban J connectivity index is 1.66. The van der Waals surface area contributed by atoms with Crippen molar-refractivity contribution in [2.24, 2.45) is 0 Å². The van der Waals surface area contributed by atoms with Crippen molar-refractivity contribution in [2.75, 3.05) is 16.3 Å². The van der Waals surface area contributed by atoms with Crippen LogP contribution in [0.2, 0.25) is 0 Å². The second kappa shape index (κ2) is 7.02. The monoisotopic (exact) mass is 359 g/mol. The minimum atomic E-state index is -3.26. The normalized spacial score (nSPS) is 11.2. The Labute approximate surface area is 145 Å². The zero-order chi connectivity index (χ0) is 17.0. The van der Waals surface area contributed by atoms with Crippen molar-refractivity contribution < 1.29 is 8.42 Å². The van der Waals surface area contributed by atoms with Gasteiger partial charge in [-0.3, -0.25) is 4.72 Å². The number of nitrogens with one attached hydrogen (secondary N) is 2. The average Bonchev–Trinajstić information content (AvgIpc) is 3.02. The molecule has 0 bridgehead atoms. The van der Waals surface area contributed by atoms with E-state index in [0.29, 0.717) is 5.69 Å². The molecule has 5 nitrogen and oxygen atoms in total. The van der Waals surface area contributed by atoms with Crippen LogP contribution in [0.15, 0.2) is 60.0 Å². The molecule has 3 rings (SSSR count). The molecule has 0 saturated heterocycles. The maximum atomic E-state index is 11.2. The first-order valence-electron chi connectivity index (χ1n) is 7.31. The van der Waals surface area contributed by atoms with Crippen LogP contribution in [0.1, 0.15) is 5.56 Å². The number of rotatable bonds is 6. The summed E-state index contributed by atoms with van der Waals surface area (Å²) in [7, 11) is -3.26. The number of hydrogen-bond acceptors (Lipinski definition) is 5. The zero-order valence-electron chi connectivity index (χ0n) is 13.1. The van der Waals surface area contributed by atoms with Crippen molar-refractivity contribution in [2.45, 2.75) is 6.54 Å². The van der Waals surface area contributed by atoms with E-state index in [1.54, 1.807) is 23.5 Å². The molecule has 2 aromatic carbocycles. The van der Waals surface area contributed by atoms with Gasteiger partial charge in [-0.05, 0) is 17.7 Å². The van der Waals surface area contributed by atoms with E-state index in [-0.39, 0.29) is 0 Å². The first-order valence-corrected chi connectivity index (χ1v) is 10.1. The molecule has 0 aliphatic heterocycles. The maximum absolute atomic E-state index is 11.2. The van der Waals surface area contributed by atoms with Crippen molar-refractivity contribution in [1.29, 1.82) is 0 Å². The number of anilines is 2. The van der Waals surface area contributed by atoms with Crippen molar-refractivity contribution in [3.8, 4) is 11.3 Å². The van der Waals surface area contributed by atoms with Gasteiger partial charge in [0.1, 0.15) is 0 Å². The van der Waals surface area contributed by atoms with Crippen LogP contribution < -0.4 is 10.0 Å². The van der Waals surface area contributed by atoms with E-state index < -0.39 is 10.0 Å². The van der Waals surface area contributed by atoms with Gasteiger partial charge >= 0.3 is 0 Å². The third kappa shape index (κ3) is 4.56. The highest BCUT2D eigenvalue weighted by atomic mass is 32.2. The van der Waals surface area contributed by atoms with Gasteiger partial charge in [-0.2, -0.15) is 0 Å². The fraction of sp³-hybridized carbons (Fsp3) is 0.118. The summed E-state index contributed by atoms with van der Waals surface area (Å²) >= 11 is 1.54. The third-order valence-corrected chi connectivity index (χ3v) is 4.68. The second-order valence-electron chi connectivity index (χ2n) is 5.33. The van der Waals surface area contributed by atoms with Crippen molar-refractivity contribution >= 4 is 32.2 Å². The summed E-state index contributed by atoms with van der Waals surface area (Å²) in [4.78, 5) is 4.57. The SMILES string of the molecule is CS(=O)(=O)Nc1ccc(-c2csc(NCc3ccccc3)n2)cc1. The fourth-order valence-electron chi connectivity index (χ4n) is 2.18. The second-order valence-corrected chi connectivity index (χ2v) is 7.94. The van der Waals surface area contributed by atoms with Crippen LogP contribution in [-0.4, -0.2) is 19.7 Å². The Bertz CT molecular complexity index is 905. The molecular weight excluding hydrogens is 342 g/mol. The Morgan fingerprint density at radius 3 is 2.42 bits per heavy atom. The molecule has 3 aromatic rings. The molecule has 1 aromatic heterocycles. The molecule has 0 aliphatic rings. The number of aromatic nitrogens is 1. The molecule has 0 aliphatic carbocycles. The van der Waals surface area contributed by atoms with Gasteiger partial charge in [0.2, 0.25) is 10.0 Å². The van der Waals surface area contributed by atoms with E-state index in [2.05, 4.69) is 27.2 Å². The van der Waals surface area contributed by atoms with Gasteiger partial charge in [0.05, 0.1) is 11.9 Å². The van der Waals surface area contributed by atoms with E-state index in [9.17, 15) is 8.42 Å². The lowest BCUT2D eigenvalue weighted by atomic mass is 10.1. The lowest BCUT2D eigenvalue weighted by molar-refractivity contribution is 0.607. The fourth-order valence-corrected chi connectivity index (χ4v) is 3.47. The highest BCUT2D eigenvalue weighted by Gasteiger charge is 2.06. The molecule has 1 heterocycles. The molecule has 0 radical (unpaired) electrons.